The molecule has 2 heterocycles. The number of carbonyl (C=O) groups is 1. The van der Waals surface area contributed by atoms with E-state index >= 15 is 0 Å². The number of nitrogens with zero attached hydrogens (tertiary/aromatic N) is 2. The summed E-state index contributed by atoms with van der Waals surface area (Å²) in [6.07, 6.45) is 2.42. The van der Waals surface area contributed by atoms with Crippen LogP contribution < -0.4 is 16.2 Å². The van der Waals surface area contributed by atoms with E-state index in [1.807, 2.05) is 13.8 Å². The predicted molar refractivity (Wildman–Crippen MR) is 102 cm³/mol. The average molecular weight is 373 g/mol. The summed E-state index contributed by atoms with van der Waals surface area (Å²) in [5.74, 6) is 0.190. The van der Waals surface area contributed by atoms with E-state index in [4.69, 9.17) is 17.0 Å². The smallest absolute Gasteiger partial charge is 0.320 e. The molecule has 0 atom stereocenters. The van der Waals surface area contributed by atoms with E-state index < -0.39 is 6.03 Å². The number of nitrogens with one attached hydrogen (secondary N) is 4. The first-order valence-corrected chi connectivity index (χ1v) is 8.26. The third-order valence-electron chi connectivity index (χ3n) is 3.65. The molecule has 0 fully saturated rings. The Hall–Kier alpha value is -3.13. The normalized spacial score (nSPS) is 10.9. The maximum absolute atomic E-state index is 12.6. The molecule has 9 heteroatoms. The molecule has 134 valence electrons. The minimum atomic E-state index is -0.436. The van der Waals surface area contributed by atoms with Crippen LogP contribution >= 0.6 is 11.6 Å². The molecule has 0 unspecified atom stereocenters. The van der Waals surface area contributed by atoms with Gasteiger partial charge in [-0.05, 0) is 38.1 Å². The lowest BCUT2D eigenvalue weighted by Gasteiger charge is -2.11. The molecule has 2 amide bonds. The molecular formula is C17H17ClN6O2. The minimum absolute atomic E-state index is 0.0482. The molecule has 26 heavy (non-hydrogen) atoms. The Balaban J connectivity index is 2.09. The fraction of sp³-hybridized carbons (Fsp3) is 0.176. The number of anilines is 1. The van der Waals surface area contributed by atoms with Crippen LogP contribution in [0.15, 0.2) is 35.3 Å². The van der Waals surface area contributed by atoms with Gasteiger partial charge in [0.2, 0.25) is 0 Å². The number of aromatic nitrogens is 3. The molecule has 8 nitrogen and oxygen atoms in total. The fourth-order valence-electron chi connectivity index (χ4n) is 2.51. The number of halogens is 1. The van der Waals surface area contributed by atoms with Crippen LogP contribution in [-0.4, -0.2) is 33.1 Å². The molecule has 1 aromatic carbocycles. The van der Waals surface area contributed by atoms with Crippen LogP contribution in [0.2, 0.25) is 5.02 Å². The summed E-state index contributed by atoms with van der Waals surface area (Å²) in [5.41, 5.74) is 1.01. The van der Waals surface area contributed by atoms with Crippen LogP contribution in [0.25, 0.3) is 16.6 Å². The number of carbonyl (C=O) groups excluding carboxylic acids is 1. The van der Waals surface area contributed by atoms with E-state index in [0.29, 0.717) is 27.2 Å². The van der Waals surface area contributed by atoms with Crippen molar-refractivity contribution in [2.45, 2.75) is 19.9 Å². The van der Waals surface area contributed by atoms with Crippen LogP contribution in [0.1, 0.15) is 19.4 Å². The van der Waals surface area contributed by atoms with Gasteiger partial charge in [0.05, 0.1) is 22.2 Å². The van der Waals surface area contributed by atoms with Crippen molar-refractivity contribution in [3.05, 3.63) is 51.4 Å². The Bertz CT molecular complexity index is 1040. The Morgan fingerprint density at radius 3 is 2.65 bits per heavy atom. The zero-order valence-corrected chi connectivity index (χ0v) is 14.9. The van der Waals surface area contributed by atoms with Crippen molar-refractivity contribution in [3.63, 3.8) is 0 Å². The monoisotopic (exact) mass is 372 g/mol. The first-order chi connectivity index (χ1) is 12.4. The Morgan fingerprint density at radius 1 is 1.35 bits per heavy atom. The third-order valence-corrected chi connectivity index (χ3v) is 3.91. The maximum Gasteiger partial charge on any atom is 0.320 e. The second-order valence-corrected chi connectivity index (χ2v) is 6.37. The lowest BCUT2D eigenvalue weighted by atomic mass is 10.2. The maximum atomic E-state index is 12.6. The summed E-state index contributed by atoms with van der Waals surface area (Å²) in [4.78, 5) is 28.7. The van der Waals surface area contributed by atoms with Gasteiger partial charge in [0.25, 0.3) is 5.56 Å². The first kappa shape index (κ1) is 17.7. The van der Waals surface area contributed by atoms with Crippen molar-refractivity contribution in [1.29, 1.82) is 5.41 Å². The van der Waals surface area contributed by atoms with Gasteiger partial charge in [0, 0.05) is 23.5 Å². The standard InChI is InChI=1S/C17H17ClN6O2/c1-9(2)21-17(26)22-15-12(7-19)14-13(8-20-15)16(25)24(23-14)11-5-3-10(18)4-6-11/h3-9,19,23H,1-2H3,(H2,20,21,22,26). The summed E-state index contributed by atoms with van der Waals surface area (Å²) in [5, 5.41) is 16.8. The van der Waals surface area contributed by atoms with Crippen molar-refractivity contribution in [2.75, 3.05) is 5.32 Å². The number of fused-ring (bicyclic) bond motifs is 1. The fourth-order valence-corrected chi connectivity index (χ4v) is 2.64. The second-order valence-electron chi connectivity index (χ2n) is 5.94. The van der Waals surface area contributed by atoms with E-state index in [9.17, 15) is 9.59 Å². The Morgan fingerprint density at radius 2 is 2.04 bits per heavy atom. The number of hydrogen-bond acceptors (Lipinski definition) is 4. The summed E-state index contributed by atoms with van der Waals surface area (Å²) < 4.78 is 1.34. The van der Waals surface area contributed by atoms with Crippen molar-refractivity contribution in [3.8, 4) is 5.69 Å². The van der Waals surface area contributed by atoms with Gasteiger partial charge in [-0.15, -0.1) is 0 Å². The summed E-state index contributed by atoms with van der Waals surface area (Å²) >= 11 is 5.89. The third kappa shape index (κ3) is 3.31. The van der Waals surface area contributed by atoms with Crippen LogP contribution in [0.4, 0.5) is 10.6 Å². The zero-order valence-electron chi connectivity index (χ0n) is 14.1. The quantitative estimate of drug-likeness (QED) is 0.527. The topological polar surface area (TPSA) is 116 Å². The Labute approximate surface area is 153 Å². The average Bonchev–Trinajstić information content (AvgIpc) is 2.91. The van der Waals surface area contributed by atoms with Crippen LogP contribution in [-0.2, 0) is 0 Å². The highest BCUT2D eigenvalue weighted by atomic mass is 35.5. The minimum Gasteiger partial charge on any atom is -0.336 e. The second kappa shape index (κ2) is 7.01. The lowest BCUT2D eigenvalue weighted by molar-refractivity contribution is 0.250. The molecule has 0 aliphatic heterocycles. The number of H-pyrrole nitrogens is 1. The summed E-state index contributed by atoms with van der Waals surface area (Å²) in [6, 6.07) is 6.27. The van der Waals surface area contributed by atoms with Gasteiger partial charge in [-0.1, -0.05) is 11.6 Å². The molecule has 0 radical (unpaired) electrons. The number of rotatable bonds is 4. The van der Waals surface area contributed by atoms with E-state index in [0.717, 1.165) is 6.21 Å². The van der Waals surface area contributed by atoms with Crippen LogP contribution in [0.5, 0.6) is 0 Å². The molecule has 0 bridgehead atoms. The molecule has 0 saturated carbocycles. The van der Waals surface area contributed by atoms with Gasteiger partial charge < -0.3 is 10.7 Å². The largest absolute Gasteiger partial charge is 0.336 e. The number of aromatic amines is 1. The lowest BCUT2D eigenvalue weighted by Crippen LogP contribution is -2.34. The molecule has 0 saturated heterocycles. The van der Waals surface area contributed by atoms with Crippen molar-refractivity contribution in [1.82, 2.24) is 20.1 Å². The van der Waals surface area contributed by atoms with E-state index in [1.165, 1.54) is 10.9 Å². The SMILES string of the molecule is CC(C)NC(=O)Nc1ncc2c(=O)n(-c3ccc(Cl)cc3)[nH]c2c1C=N. The molecule has 2 aromatic heterocycles. The van der Waals surface area contributed by atoms with Gasteiger partial charge in [-0.25, -0.2) is 14.5 Å². The number of hydrogen-bond donors (Lipinski definition) is 4. The van der Waals surface area contributed by atoms with Crippen molar-refractivity contribution < 1.29 is 4.79 Å². The summed E-state index contributed by atoms with van der Waals surface area (Å²) in [7, 11) is 0. The van der Waals surface area contributed by atoms with E-state index in [-0.39, 0.29) is 17.4 Å². The molecule has 0 aliphatic carbocycles. The Kier molecular flexibility index (Phi) is 4.77. The van der Waals surface area contributed by atoms with Crippen LogP contribution in [0, 0.1) is 5.41 Å². The number of pyridine rings is 1. The van der Waals surface area contributed by atoms with Gasteiger partial charge in [-0.2, -0.15) is 0 Å². The van der Waals surface area contributed by atoms with E-state index in [2.05, 4.69) is 20.7 Å². The first-order valence-electron chi connectivity index (χ1n) is 7.88. The molecule has 4 N–H and O–H groups in total. The van der Waals surface area contributed by atoms with Gasteiger partial charge in [0.15, 0.2) is 0 Å². The number of urea groups is 1. The molecule has 0 spiro atoms. The molecular weight excluding hydrogens is 356 g/mol. The van der Waals surface area contributed by atoms with Crippen molar-refractivity contribution in [2.24, 2.45) is 0 Å². The summed E-state index contributed by atoms with van der Waals surface area (Å²) in [6.45, 7) is 3.66. The van der Waals surface area contributed by atoms with Crippen LogP contribution in [0.3, 0.4) is 0 Å². The zero-order chi connectivity index (χ0) is 18.8. The highest BCUT2D eigenvalue weighted by Gasteiger charge is 2.16. The van der Waals surface area contributed by atoms with Crippen molar-refractivity contribution >= 4 is 40.6 Å². The van der Waals surface area contributed by atoms with Gasteiger partial charge in [0.1, 0.15) is 5.82 Å². The molecule has 3 aromatic rings. The molecule has 3 rings (SSSR count). The highest BCUT2D eigenvalue weighted by Crippen LogP contribution is 2.20. The number of benzene rings is 1. The van der Waals surface area contributed by atoms with Gasteiger partial charge >= 0.3 is 6.03 Å². The van der Waals surface area contributed by atoms with Gasteiger partial charge in [-0.3, -0.25) is 15.2 Å². The highest BCUT2D eigenvalue weighted by molar-refractivity contribution is 6.30. The predicted octanol–water partition coefficient (Wildman–Crippen LogP) is 2.89. The molecule has 0 aliphatic rings. The number of amides is 2. The van der Waals surface area contributed by atoms with E-state index in [1.54, 1.807) is 24.3 Å².